The van der Waals surface area contributed by atoms with E-state index in [-0.39, 0.29) is 29.9 Å². The second-order valence-corrected chi connectivity index (χ2v) is 6.98. The van der Waals surface area contributed by atoms with Gasteiger partial charge in [-0.25, -0.2) is 4.98 Å². The average Bonchev–Trinajstić information content (AvgIpc) is 2.62. The smallest absolute Gasteiger partial charge is 0.258 e. The molecule has 2 heterocycles. The molecule has 0 saturated carbocycles. The van der Waals surface area contributed by atoms with Crippen molar-refractivity contribution < 1.29 is 4.79 Å². The molecule has 0 radical (unpaired) electrons. The molecule has 1 aromatic carbocycles. The Morgan fingerprint density at radius 2 is 2.19 bits per heavy atom. The first-order valence-electron chi connectivity index (χ1n) is 9.06. The number of para-hydroxylation sites is 1. The lowest BCUT2D eigenvalue weighted by molar-refractivity contribution is -0.133. The van der Waals surface area contributed by atoms with E-state index in [9.17, 15) is 9.59 Å². The van der Waals surface area contributed by atoms with E-state index in [1.807, 2.05) is 30.0 Å². The summed E-state index contributed by atoms with van der Waals surface area (Å²) in [5, 5.41) is 0.595. The number of benzene rings is 1. The number of halogens is 1. The van der Waals surface area contributed by atoms with Crippen LogP contribution in [0.3, 0.4) is 0 Å². The van der Waals surface area contributed by atoms with Crippen LogP contribution in [-0.2, 0) is 11.2 Å². The molecular formula is C19H27ClN4O2. The molecule has 2 aromatic rings. The number of nitrogens with two attached hydrogens (primary N) is 1. The normalized spacial score (nSPS) is 18.4. The fourth-order valence-corrected chi connectivity index (χ4v) is 3.48. The molecule has 6 nitrogen and oxygen atoms in total. The highest BCUT2D eigenvalue weighted by Gasteiger charge is 2.25. The second kappa shape index (κ2) is 9.14. The van der Waals surface area contributed by atoms with E-state index in [0.29, 0.717) is 41.9 Å². The quantitative estimate of drug-likeness (QED) is 0.834. The standard InChI is InChI=1S/C19H26N4O2.ClH/c1-13(20)14-6-5-11-23(12-14)18(24)10-4-9-17-21-16-8-3-2-7-15(16)19(25)22-17;/h2-3,7-8,13-14H,4-6,9-12,20H2,1H3,(H,21,22,25);1H. The number of piperidine rings is 1. The fourth-order valence-electron chi connectivity index (χ4n) is 3.48. The van der Waals surface area contributed by atoms with Gasteiger partial charge in [-0.15, -0.1) is 12.4 Å². The first-order chi connectivity index (χ1) is 12.0. The van der Waals surface area contributed by atoms with E-state index in [4.69, 9.17) is 5.73 Å². The number of aromatic nitrogens is 2. The summed E-state index contributed by atoms with van der Waals surface area (Å²) in [7, 11) is 0. The summed E-state index contributed by atoms with van der Waals surface area (Å²) in [6, 6.07) is 7.42. The van der Waals surface area contributed by atoms with Crippen LogP contribution < -0.4 is 11.3 Å². The molecule has 7 heteroatoms. The predicted molar refractivity (Wildman–Crippen MR) is 106 cm³/mol. The zero-order chi connectivity index (χ0) is 17.8. The van der Waals surface area contributed by atoms with E-state index in [1.54, 1.807) is 6.07 Å². The van der Waals surface area contributed by atoms with Gasteiger partial charge in [0.15, 0.2) is 0 Å². The zero-order valence-electron chi connectivity index (χ0n) is 15.1. The predicted octanol–water partition coefficient (Wildman–Crippen LogP) is 2.25. The molecule has 26 heavy (non-hydrogen) atoms. The molecule has 1 aliphatic rings. The molecule has 1 aromatic heterocycles. The Bertz CT molecular complexity index is 805. The van der Waals surface area contributed by atoms with Crippen LogP contribution in [0.4, 0.5) is 0 Å². The van der Waals surface area contributed by atoms with Crippen LogP contribution in [0, 0.1) is 5.92 Å². The molecule has 2 unspecified atom stereocenters. The minimum atomic E-state index is -0.122. The molecule has 142 valence electrons. The molecule has 3 N–H and O–H groups in total. The monoisotopic (exact) mass is 378 g/mol. The van der Waals surface area contributed by atoms with Gasteiger partial charge in [-0.3, -0.25) is 9.59 Å². The maximum atomic E-state index is 12.4. The lowest BCUT2D eigenvalue weighted by atomic mass is 9.92. The molecule has 0 spiro atoms. The summed E-state index contributed by atoms with van der Waals surface area (Å²) in [6.45, 7) is 3.61. The number of carbonyl (C=O) groups excluding carboxylic acids is 1. The first kappa shape index (κ1) is 20.4. The van der Waals surface area contributed by atoms with Gasteiger partial charge in [0.05, 0.1) is 10.9 Å². The van der Waals surface area contributed by atoms with Gasteiger partial charge < -0.3 is 15.6 Å². The van der Waals surface area contributed by atoms with Crippen molar-refractivity contribution in [1.29, 1.82) is 0 Å². The Morgan fingerprint density at radius 3 is 2.96 bits per heavy atom. The van der Waals surface area contributed by atoms with E-state index < -0.39 is 0 Å². The van der Waals surface area contributed by atoms with Crippen LogP contribution >= 0.6 is 12.4 Å². The Balaban J connectivity index is 0.00000243. The largest absolute Gasteiger partial charge is 0.342 e. The number of carbonyl (C=O) groups is 1. The summed E-state index contributed by atoms with van der Waals surface area (Å²) in [5.41, 5.74) is 6.56. The van der Waals surface area contributed by atoms with Crippen molar-refractivity contribution in [1.82, 2.24) is 14.9 Å². The van der Waals surface area contributed by atoms with Crippen LogP contribution in [0.2, 0.25) is 0 Å². The number of rotatable bonds is 5. The minimum absolute atomic E-state index is 0. The lowest BCUT2D eigenvalue weighted by Crippen LogP contribution is -2.45. The molecule has 1 saturated heterocycles. The highest BCUT2D eigenvalue weighted by atomic mass is 35.5. The van der Waals surface area contributed by atoms with Crippen molar-refractivity contribution >= 4 is 29.2 Å². The summed E-state index contributed by atoms with van der Waals surface area (Å²) in [6.07, 6.45) is 3.87. The van der Waals surface area contributed by atoms with Crippen molar-refractivity contribution in [2.75, 3.05) is 13.1 Å². The number of nitrogens with one attached hydrogen (secondary N) is 1. The van der Waals surface area contributed by atoms with Crippen molar-refractivity contribution in [3.8, 4) is 0 Å². The Labute approximate surface area is 159 Å². The van der Waals surface area contributed by atoms with Crippen LogP contribution in [0.5, 0.6) is 0 Å². The van der Waals surface area contributed by atoms with Gasteiger partial charge in [-0.1, -0.05) is 12.1 Å². The third kappa shape index (κ3) is 4.83. The molecular weight excluding hydrogens is 352 g/mol. The van der Waals surface area contributed by atoms with Crippen molar-refractivity contribution in [3.63, 3.8) is 0 Å². The van der Waals surface area contributed by atoms with Gasteiger partial charge in [0.2, 0.25) is 5.91 Å². The average molecular weight is 379 g/mol. The number of hydrogen-bond acceptors (Lipinski definition) is 4. The Morgan fingerprint density at radius 1 is 1.42 bits per heavy atom. The number of fused-ring (bicyclic) bond motifs is 1. The van der Waals surface area contributed by atoms with Crippen molar-refractivity contribution in [2.45, 2.75) is 45.1 Å². The number of amides is 1. The number of aryl methyl sites for hydroxylation is 1. The summed E-state index contributed by atoms with van der Waals surface area (Å²) in [4.78, 5) is 33.7. The van der Waals surface area contributed by atoms with Gasteiger partial charge in [0.25, 0.3) is 5.56 Å². The third-order valence-electron chi connectivity index (χ3n) is 5.02. The van der Waals surface area contributed by atoms with Crippen LogP contribution in [0.15, 0.2) is 29.1 Å². The molecule has 3 rings (SSSR count). The van der Waals surface area contributed by atoms with Gasteiger partial charge in [0.1, 0.15) is 5.82 Å². The molecule has 0 aliphatic carbocycles. The number of aromatic amines is 1. The van der Waals surface area contributed by atoms with Crippen molar-refractivity contribution in [2.24, 2.45) is 11.7 Å². The van der Waals surface area contributed by atoms with E-state index >= 15 is 0 Å². The molecule has 2 atom stereocenters. The third-order valence-corrected chi connectivity index (χ3v) is 5.02. The van der Waals surface area contributed by atoms with Gasteiger partial charge in [-0.2, -0.15) is 0 Å². The maximum Gasteiger partial charge on any atom is 0.258 e. The van der Waals surface area contributed by atoms with E-state index in [0.717, 1.165) is 25.9 Å². The molecule has 0 bridgehead atoms. The first-order valence-corrected chi connectivity index (χ1v) is 9.06. The number of likely N-dealkylation sites (tertiary alicyclic amines) is 1. The van der Waals surface area contributed by atoms with Gasteiger partial charge >= 0.3 is 0 Å². The van der Waals surface area contributed by atoms with Crippen LogP contribution in [0.1, 0.15) is 38.4 Å². The SMILES string of the molecule is CC(N)C1CCCN(C(=O)CCCc2nc3ccccc3c(=O)[nH]2)C1.Cl. The Kier molecular flexibility index (Phi) is 7.17. The summed E-state index contributed by atoms with van der Waals surface area (Å²) in [5.74, 6) is 1.22. The highest BCUT2D eigenvalue weighted by Crippen LogP contribution is 2.19. The van der Waals surface area contributed by atoms with Crippen LogP contribution in [-0.4, -0.2) is 39.9 Å². The van der Waals surface area contributed by atoms with Crippen molar-refractivity contribution in [3.05, 3.63) is 40.4 Å². The van der Waals surface area contributed by atoms with Crippen LogP contribution in [0.25, 0.3) is 10.9 Å². The van der Waals surface area contributed by atoms with Gasteiger partial charge in [0, 0.05) is 32.0 Å². The molecule has 1 aliphatic heterocycles. The number of H-pyrrole nitrogens is 1. The fraction of sp³-hybridized carbons (Fsp3) is 0.526. The zero-order valence-corrected chi connectivity index (χ0v) is 15.9. The summed E-state index contributed by atoms with van der Waals surface area (Å²) >= 11 is 0. The van der Waals surface area contributed by atoms with E-state index in [1.165, 1.54) is 0 Å². The number of nitrogens with zero attached hydrogens (tertiary/aromatic N) is 2. The Hall–Kier alpha value is -1.92. The molecule has 1 amide bonds. The summed E-state index contributed by atoms with van der Waals surface area (Å²) < 4.78 is 0. The topological polar surface area (TPSA) is 92.1 Å². The van der Waals surface area contributed by atoms with E-state index in [2.05, 4.69) is 9.97 Å². The lowest BCUT2D eigenvalue weighted by Gasteiger charge is -2.34. The molecule has 1 fully saturated rings. The van der Waals surface area contributed by atoms with Gasteiger partial charge in [-0.05, 0) is 44.2 Å². The highest BCUT2D eigenvalue weighted by molar-refractivity contribution is 5.85. The minimum Gasteiger partial charge on any atom is -0.342 e. The maximum absolute atomic E-state index is 12.4. The second-order valence-electron chi connectivity index (χ2n) is 6.98. The number of hydrogen-bond donors (Lipinski definition) is 2.